The molecule has 2 saturated heterocycles. The van der Waals surface area contributed by atoms with Gasteiger partial charge in [-0.05, 0) is 164 Å². The van der Waals surface area contributed by atoms with Crippen LogP contribution in [-0.4, -0.2) is 191 Å². The summed E-state index contributed by atoms with van der Waals surface area (Å²) >= 11 is 8.42. The molecule has 0 aliphatic carbocycles. The third-order valence-corrected chi connectivity index (χ3v) is 21.1. The number of fused-ring (bicyclic) bond motifs is 3. The number of halogens is 1. The van der Waals surface area contributed by atoms with Gasteiger partial charge in [-0.3, -0.25) is 33.9 Å². The molecular formula is C83H103ClN16O11S2. The van der Waals surface area contributed by atoms with Crippen molar-refractivity contribution in [1.82, 2.24) is 55.8 Å². The van der Waals surface area contributed by atoms with Gasteiger partial charge in [-0.15, -0.1) is 0 Å². The summed E-state index contributed by atoms with van der Waals surface area (Å²) in [7, 11) is 5.92. The first-order valence-electron chi connectivity index (χ1n) is 37.9. The first-order valence-corrected chi connectivity index (χ1v) is 39.3. The maximum atomic E-state index is 13.5. The zero-order valence-corrected chi connectivity index (χ0v) is 67.1. The number of carbonyl (C=O) groups excluding carboxylic acids is 8. The lowest BCUT2D eigenvalue weighted by Gasteiger charge is -2.34. The minimum absolute atomic E-state index is 0. The summed E-state index contributed by atoms with van der Waals surface area (Å²) in [5, 5.41) is 32.8. The molecule has 6 heterocycles. The van der Waals surface area contributed by atoms with Gasteiger partial charge in [-0.25, -0.2) is 19.6 Å². The van der Waals surface area contributed by atoms with Gasteiger partial charge in [-0.1, -0.05) is 85.3 Å². The molecule has 600 valence electrons. The number of Topliss-reactive ketones (excluding diaryl/α,β-unsaturated/α-hetero) is 2. The van der Waals surface area contributed by atoms with Crippen molar-refractivity contribution < 1.29 is 52.6 Å². The molecule has 113 heavy (non-hydrogen) atoms. The molecule has 5 aromatic carbocycles. The third kappa shape index (κ3) is 26.2. The number of hydrogen-bond donors (Lipinski definition) is 10. The topological polar surface area (TPSA) is 340 Å². The van der Waals surface area contributed by atoms with Crippen molar-refractivity contribution in [2.45, 2.75) is 120 Å². The van der Waals surface area contributed by atoms with E-state index in [1.54, 1.807) is 77.8 Å². The fourth-order valence-electron chi connectivity index (χ4n) is 13.3. The summed E-state index contributed by atoms with van der Waals surface area (Å²) in [6.45, 7) is 12.5. The van der Waals surface area contributed by atoms with Crippen LogP contribution in [0.3, 0.4) is 0 Å². The summed E-state index contributed by atoms with van der Waals surface area (Å²) in [4.78, 5) is 118. The van der Waals surface area contributed by atoms with Crippen LogP contribution in [0.15, 0.2) is 165 Å². The van der Waals surface area contributed by atoms with E-state index < -0.39 is 5.54 Å². The number of aromatic amines is 2. The van der Waals surface area contributed by atoms with Gasteiger partial charge in [0.15, 0.2) is 5.82 Å². The number of urea groups is 2. The van der Waals surface area contributed by atoms with Crippen molar-refractivity contribution in [3.63, 3.8) is 0 Å². The van der Waals surface area contributed by atoms with Crippen LogP contribution in [0.1, 0.15) is 128 Å². The Kier molecular flexibility index (Phi) is 33.5. The maximum Gasteiger partial charge on any atom is 0.319 e. The number of H-pyrrole nitrogens is 2. The second-order valence-corrected chi connectivity index (χ2v) is 30.1. The Morgan fingerprint density at radius 3 is 2.00 bits per heavy atom. The summed E-state index contributed by atoms with van der Waals surface area (Å²) < 4.78 is 16.8. The molecule has 0 radical (unpaired) electrons. The number of aromatic nitrogens is 5. The number of amides is 8. The number of rotatable bonds is 41. The van der Waals surface area contributed by atoms with E-state index in [1.807, 2.05) is 125 Å². The molecule has 1 unspecified atom stereocenters. The number of benzene rings is 5. The lowest BCUT2D eigenvalue weighted by Crippen LogP contribution is -2.48. The number of para-hydroxylation sites is 1. The Morgan fingerprint density at radius 2 is 1.33 bits per heavy atom. The highest BCUT2D eigenvalue weighted by Gasteiger charge is 2.45. The normalized spacial score (nSPS) is 15.4. The number of carbonyl (C=O) groups is 8. The Bertz CT molecular complexity index is 4540. The van der Waals surface area contributed by atoms with E-state index in [1.165, 1.54) is 12.2 Å². The summed E-state index contributed by atoms with van der Waals surface area (Å²) in [6.07, 6.45) is 16.0. The molecule has 3 aliphatic rings. The zero-order valence-electron chi connectivity index (χ0n) is 64.5. The molecule has 4 atom stereocenters. The van der Waals surface area contributed by atoms with Crippen molar-refractivity contribution in [3.05, 3.63) is 198 Å². The molecule has 0 saturated carbocycles. The Morgan fingerprint density at radius 1 is 0.708 bits per heavy atom. The Labute approximate surface area is 675 Å². The van der Waals surface area contributed by atoms with Crippen molar-refractivity contribution in [3.8, 4) is 11.3 Å². The molecule has 2 fully saturated rings. The molecule has 0 bridgehead atoms. The lowest BCUT2D eigenvalue weighted by atomic mass is 10.0. The number of ketones is 2. The average Bonchev–Trinajstić information content (AvgIpc) is 1.59. The van der Waals surface area contributed by atoms with Gasteiger partial charge in [0, 0.05) is 131 Å². The van der Waals surface area contributed by atoms with Crippen molar-refractivity contribution in [1.29, 1.82) is 0 Å². The van der Waals surface area contributed by atoms with Gasteiger partial charge in [0.05, 0.1) is 79.2 Å². The average molecular weight is 1600 g/mol. The van der Waals surface area contributed by atoms with E-state index in [2.05, 4.69) is 79.2 Å². The van der Waals surface area contributed by atoms with Gasteiger partial charge in [0.25, 0.3) is 11.8 Å². The first-order chi connectivity index (χ1) is 54.2. The van der Waals surface area contributed by atoms with Gasteiger partial charge < -0.3 is 76.4 Å². The molecule has 3 aromatic heterocycles. The Balaban J connectivity index is 0.000000314. The third-order valence-electron chi connectivity index (χ3n) is 19.3. The molecular weight excluding hydrogens is 1500 g/mol. The van der Waals surface area contributed by atoms with Gasteiger partial charge in [-0.2, -0.15) is 30.4 Å². The highest BCUT2D eigenvalue weighted by atomic mass is 35.5. The summed E-state index contributed by atoms with van der Waals surface area (Å²) in [5.41, 5.74) is 7.49. The number of ether oxygens (including phenoxy) is 3. The predicted octanol–water partition coefficient (Wildman–Crippen LogP) is 13.3. The van der Waals surface area contributed by atoms with E-state index >= 15 is 0 Å². The second kappa shape index (κ2) is 43.7. The monoisotopic (exact) mass is 1600 g/mol. The smallest absolute Gasteiger partial charge is 0.319 e. The quantitative estimate of drug-likeness (QED) is 0.00967. The van der Waals surface area contributed by atoms with Crippen molar-refractivity contribution >= 4 is 130 Å². The number of nitrogens with one attached hydrogen (secondary N) is 10. The fraction of sp³-hybridized carbons (Fsp3) is 0.386. The number of likely N-dealkylation sites (N-methyl/N-ethyl adjacent to an activating group) is 2. The van der Waals surface area contributed by atoms with Crippen LogP contribution in [0.5, 0.6) is 0 Å². The van der Waals surface area contributed by atoms with Crippen molar-refractivity contribution in [2.75, 3.05) is 113 Å². The van der Waals surface area contributed by atoms with Crippen LogP contribution in [0.4, 0.5) is 44.1 Å². The zero-order chi connectivity index (χ0) is 79.4. The molecule has 30 heteroatoms. The molecule has 11 rings (SSSR count). The van der Waals surface area contributed by atoms with E-state index in [0.717, 1.165) is 77.7 Å². The van der Waals surface area contributed by atoms with E-state index in [4.69, 9.17) is 25.8 Å². The SMILES string of the molecule is C=CC(=O)Nc1ccc(C(=O)Nc2n[nH]c3c2CN(C(=O)N[C@H](CN(C)C)c2ccccc2)C3(C)C)cc1.CN(C/C=C/C(=O)Nc1ccc(C(=O)Nc2cccc(Nc3ncc(Cl)c(-c4c[nH]c5ccccc45)n3)c2)cc1)CCCCC(=O)CCCOCCOCCOCCCC(=O)CCCCC1SC[C@@H]2NC(=O)N[C@H]12.S. The number of hydrogen-bond acceptors (Lipinski definition) is 18. The molecule has 8 aromatic rings. The minimum atomic E-state index is -0.667. The summed E-state index contributed by atoms with van der Waals surface area (Å²) in [6, 6.07) is 38.2. The lowest BCUT2D eigenvalue weighted by molar-refractivity contribution is -0.120. The van der Waals surface area contributed by atoms with Gasteiger partial charge >= 0.3 is 12.1 Å². The van der Waals surface area contributed by atoms with Crippen LogP contribution >= 0.6 is 36.9 Å². The van der Waals surface area contributed by atoms with Crippen LogP contribution in [0.25, 0.3) is 22.2 Å². The first kappa shape index (κ1) is 86.7. The van der Waals surface area contributed by atoms with Gasteiger partial charge in [0.1, 0.15) is 11.6 Å². The highest BCUT2D eigenvalue weighted by molar-refractivity contribution is 8.00. The van der Waals surface area contributed by atoms with Gasteiger partial charge in [0.2, 0.25) is 17.8 Å². The number of anilines is 6. The largest absolute Gasteiger partial charge is 0.379 e. The van der Waals surface area contributed by atoms with Crippen LogP contribution < -0.4 is 42.5 Å². The second-order valence-electron chi connectivity index (χ2n) is 28.4. The fourth-order valence-corrected chi connectivity index (χ4v) is 15.0. The molecule has 10 N–H and O–H groups in total. The van der Waals surface area contributed by atoms with Crippen LogP contribution in [0.2, 0.25) is 5.02 Å². The predicted molar refractivity (Wildman–Crippen MR) is 449 cm³/mol. The summed E-state index contributed by atoms with van der Waals surface area (Å²) in [5.74, 6) is 0.924. The Hall–Kier alpha value is -10.2. The number of thioether (sulfide) groups is 1. The molecule has 3 aliphatic heterocycles. The molecule has 0 spiro atoms. The van der Waals surface area contributed by atoms with E-state index in [-0.39, 0.29) is 85.4 Å². The molecule has 8 amide bonds. The standard InChI is InChI=1S/C55H68ClN9O8S.C28H33N7O3.H2S/c1-65(26-7-6-15-43(67)17-11-29-72-31-33-73-32-30-71-28-10-16-42(66)14-2-5-20-49-52-48(37-74-49)62-55(70)64-52)27-9-21-50(68)59-39-24-22-38(23-25-39)53(69)60-40-12-8-13-41(34-40)61-54-58-36-46(56)51(63-54)45-35-57-47-19-4-3-18-44(45)47;1-6-23(36)29-20-14-12-19(13-15-20)26(37)31-25-21-16-35(28(2,3)24(21)32-33-25)27(38)30-22(17-34(4)5)18-10-8-7-9-11-18;/h3-4,8-9,12-13,18-19,21-25,34-36,48-49,52,57H,2,5-7,10-11,14-17,20,26-33,37H2,1H3,(H,59,68)(H,60,69)(H,58,61,63)(H2,62,64,70);6-15,22H,1,16-17H2,2-5H3,(H,29,36)(H,30,38)(H2,31,32,33,37);1H2/b21-9+;;/t48-,49?,52-;22-;/m01./s1. The number of unbranched alkanes of at least 4 members (excludes halogenated alkanes) is 2. The van der Waals surface area contributed by atoms with Crippen LogP contribution in [-0.2, 0) is 45.5 Å². The van der Waals surface area contributed by atoms with Crippen molar-refractivity contribution in [2.24, 2.45) is 0 Å². The molecule has 27 nitrogen and oxygen atoms in total. The minimum Gasteiger partial charge on any atom is -0.379 e. The number of nitrogens with zero attached hydrogens (tertiary/aromatic N) is 6. The van der Waals surface area contributed by atoms with E-state index in [0.29, 0.717) is 153 Å². The maximum absolute atomic E-state index is 13.5. The van der Waals surface area contributed by atoms with E-state index in [9.17, 15) is 38.4 Å². The highest BCUT2D eigenvalue weighted by Crippen LogP contribution is 2.41. The van der Waals surface area contributed by atoms with Crippen LogP contribution in [0, 0.1) is 0 Å².